The van der Waals surface area contributed by atoms with Crippen LogP contribution in [0.2, 0.25) is 0 Å². The lowest BCUT2D eigenvalue weighted by Crippen LogP contribution is -2.19. The quantitative estimate of drug-likeness (QED) is 0.428. The van der Waals surface area contributed by atoms with Gasteiger partial charge in [-0.05, 0) is 38.5 Å². The lowest BCUT2D eigenvalue weighted by molar-refractivity contribution is -0.113. The van der Waals surface area contributed by atoms with E-state index in [1.165, 1.54) is 32.4 Å². The van der Waals surface area contributed by atoms with Gasteiger partial charge in [0.25, 0.3) is 0 Å². The smallest absolute Gasteiger partial charge is 0.418 e. The predicted octanol–water partition coefficient (Wildman–Crippen LogP) is 5.13. The van der Waals surface area contributed by atoms with E-state index >= 15 is 0 Å². The van der Waals surface area contributed by atoms with Gasteiger partial charge >= 0.3 is 6.18 Å². The summed E-state index contributed by atoms with van der Waals surface area (Å²) in [7, 11) is 0. The van der Waals surface area contributed by atoms with E-state index in [-0.39, 0.29) is 11.4 Å². The normalized spacial score (nSPS) is 15.1. The number of rotatable bonds is 5. The molecule has 1 aromatic rings. The molecule has 0 atom stereocenters. The topological polar surface area (TPSA) is 42.6 Å². The summed E-state index contributed by atoms with van der Waals surface area (Å²) in [6.07, 6.45) is 2.07. The fraction of sp³-hybridized carbons (Fsp3) is 0.294. The molecule has 0 saturated heterocycles. The summed E-state index contributed by atoms with van der Waals surface area (Å²) in [5.74, 6) is -0.394. The highest BCUT2D eigenvalue weighted by molar-refractivity contribution is 6.05. The number of furan rings is 1. The molecular formula is C17H18F3NO2. The van der Waals surface area contributed by atoms with Crippen molar-refractivity contribution in [2.45, 2.75) is 33.9 Å². The second-order valence-corrected chi connectivity index (χ2v) is 4.74. The minimum Gasteiger partial charge on any atom is -0.472 e. The SMILES string of the molecule is C\C=C(/N=C(C)/C(=C\C(=C/C)c1ccoc1)C(F)(F)F)C(C)=O. The van der Waals surface area contributed by atoms with Crippen LogP contribution in [0, 0.1) is 0 Å². The van der Waals surface area contributed by atoms with E-state index in [4.69, 9.17) is 4.42 Å². The molecule has 0 aliphatic carbocycles. The first kappa shape index (κ1) is 18.7. The largest absolute Gasteiger partial charge is 0.472 e. The van der Waals surface area contributed by atoms with Crippen molar-refractivity contribution in [1.29, 1.82) is 0 Å². The van der Waals surface area contributed by atoms with Gasteiger partial charge in [0, 0.05) is 12.5 Å². The Labute approximate surface area is 132 Å². The van der Waals surface area contributed by atoms with E-state index in [1.807, 2.05) is 0 Å². The lowest BCUT2D eigenvalue weighted by atomic mass is 10.0. The molecule has 0 saturated carbocycles. The van der Waals surface area contributed by atoms with E-state index in [0.29, 0.717) is 11.1 Å². The maximum absolute atomic E-state index is 13.4. The van der Waals surface area contributed by atoms with Crippen LogP contribution in [0.3, 0.4) is 0 Å². The lowest BCUT2D eigenvalue weighted by Gasteiger charge is -2.13. The van der Waals surface area contributed by atoms with Gasteiger partial charge in [0.15, 0.2) is 5.78 Å². The molecule has 0 spiro atoms. The molecule has 0 radical (unpaired) electrons. The van der Waals surface area contributed by atoms with E-state index in [9.17, 15) is 18.0 Å². The summed E-state index contributed by atoms with van der Waals surface area (Å²) < 4.78 is 45.0. The van der Waals surface area contributed by atoms with Crippen LogP contribution in [0.15, 0.2) is 57.5 Å². The third-order valence-corrected chi connectivity index (χ3v) is 3.08. The molecule has 0 aliphatic rings. The van der Waals surface area contributed by atoms with Crippen LogP contribution in [-0.4, -0.2) is 17.7 Å². The van der Waals surface area contributed by atoms with Crippen LogP contribution < -0.4 is 0 Å². The van der Waals surface area contributed by atoms with Crippen molar-refractivity contribution in [2.75, 3.05) is 0 Å². The first-order valence-electron chi connectivity index (χ1n) is 6.91. The Morgan fingerprint density at radius 3 is 2.26 bits per heavy atom. The molecule has 0 amide bonds. The molecule has 0 unspecified atom stereocenters. The first-order chi connectivity index (χ1) is 10.7. The van der Waals surface area contributed by atoms with Gasteiger partial charge in [0.2, 0.25) is 0 Å². The number of aliphatic imine (C=N–C) groups is 1. The highest BCUT2D eigenvalue weighted by atomic mass is 19.4. The third-order valence-electron chi connectivity index (χ3n) is 3.08. The molecular weight excluding hydrogens is 307 g/mol. The molecule has 1 aromatic heterocycles. The number of nitrogens with zero attached hydrogens (tertiary/aromatic N) is 1. The second kappa shape index (κ2) is 7.76. The molecule has 0 bridgehead atoms. The summed E-state index contributed by atoms with van der Waals surface area (Å²) in [6, 6.07) is 1.57. The van der Waals surface area contributed by atoms with E-state index in [1.54, 1.807) is 26.0 Å². The number of hydrogen-bond acceptors (Lipinski definition) is 3. The van der Waals surface area contributed by atoms with Gasteiger partial charge in [-0.15, -0.1) is 0 Å². The minimum absolute atomic E-state index is 0.0111. The average molecular weight is 325 g/mol. The molecule has 0 N–H and O–H groups in total. The maximum Gasteiger partial charge on any atom is 0.418 e. The number of halogens is 3. The summed E-state index contributed by atoms with van der Waals surface area (Å²) >= 11 is 0. The van der Waals surface area contributed by atoms with E-state index in [2.05, 4.69) is 4.99 Å². The predicted molar refractivity (Wildman–Crippen MR) is 84.0 cm³/mol. The van der Waals surface area contributed by atoms with Gasteiger partial charge < -0.3 is 4.42 Å². The van der Waals surface area contributed by atoms with Crippen molar-refractivity contribution >= 4 is 17.1 Å². The summed E-state index contributed by atoms with van der Waals surface area (Å²) in [6.45, 7) is 5.67. The zero-order valence-electron chi connectivity index (χ0n) is 13.4. The van der Waals surface area contributed by atoms with Crippen LogP contribution >= 0.6 is 0 Å². The molecule has 23 heavy (non-hydrogen) atoms. The Balaban J connectivity index is 3.39. The molecule has 0 fully saturated rings. The molecule has 6 heteroatoms. The number of carbonyl (C=O) groups excluding carboxylic acids is 1. The molecule has 0 aromatic carbocycles. The van der Waals surface area contributed by atoms with Crippen molar-refractivity contribution in [3.8, 4) is 0 Å². The highest BCUT2D eigenvalue weighted by Gasteiger charge is 2.35. The van der Waals surface area contributed by atoms with Crippen molar-refractivity contribution < 1.29 is 22.4 Å². The van der Waals surface area contributed by atoms with Gasteiger partial charge in [-0.25, -0.2) is 4.99 Å². The number of Topliss-reactive ketones (excluding diaryl/α,β-unsaturated/α-hetero) is 1. The molecule has 1 heterocycles. The Bertz CT molecular complexity index is 675. The number of carbonyl (C=O) groups is 1. The number of allylic oxidation sites excluding steroid dienone is 6. The maximum atomic E-state index is 13.4. The van der Waals surface area contributed by atoms with Crippen LogP contribution in [0.1, 0.15) is 33.3 Å². The summed E-state index contributed by atoms with van der Waals surface area (Å²) in [5, 5.41) is 0. The Kier molecular flexibility index (Phi) is 6.30. The van der Waals surface area contributed by atoms with Gasteiger partial charge in [-0.1, -0.05) is 12.2 Å². The number of ketones is 1. The summed E-state index contributed by atoms with van der Waals surface area (Å²) in [4.78, 5) is 15.2. The van der Waals surface area contributed by atoms with Gasteiger partial charge in [0.05, 0.1) is 23.8 Å². The van der Waals surface area contributed by atoms with E-state index < -0.39 is 17.5 Å². The van der Waals surface area contributed by atoms with Crippen LogP contribution in [0.25, 0.3) is 5.57 Å². The second-order valence-electron chi connectivity index (χ2n) is 4.74. The first-order valence-corrected chi connectivity index (χ1v) is 6.91. The minimum atomic E-state index is -4.60. The molecule has 124 valence electrons. The molecule has 3 nitrogen and oxygen atoms in total. The molecule has 0 aliphatic heterocycles. The highest BCUT2D eigenvalue weighted by Crippen LogP contribution is 2.30. The van der Waals surface area contributed by atoms with Gasteiger partial charge in [0.1, 0.15) is 5.70 Å². The van der Waals surface area contributed by atoms with Crippen LogP contribution in [0.4, 0.5) is 13.2 Å². The van der Waals surface area contributed by atoms with Crippen molar-refractivity contribution in [1.82, 2.24) is 0 Å². The monoisotopic (exact) mass is 325 g/mol. The zero-order valence-corrected chi connectivity index (χ0v) is 13.4. The number of hydrogen-bond donors (Lipinski definition) is 0. The summed E-state index contributed by atoms with van der Waals surface area (Å²) in [5.41, 5.74) is -0.315. The third kappa shape index (κ3) is 5.09. The van der Waals surface area contributed by atoms with Gasteiger partial charge in [-0.3, -0.25) is 4.79 Å². The Morgan fingerprint density at radius 1 is 1.22 bits per heavy atom. The van der Waals surface area contributed by atoms with Crippen molar-refractivity contribution in [2.24, 2.45) is 4.99 Å². The fourth-order valence-corrected chi connectivity index (χ4v) is 1.90. The molecule has 1 rings (SSSR count). The van der Waals surface area contributed by atoms with Crippen LogP contribution in [0.5, 0.6) is 0 Å². The standard InChI is InChI=1S/C17H18F3NO2/c1-5-13(14-7-8-23-10-14)9-15(17(18,19)20)11(3)21-16(6-2)12(4)22/h5-10H,1-4H3/b13-5+,15-9+,16-6-,21-11+. The number of alkyl halides is 3. The Morgan fingerprint density at radius 2 is 1.87 bits per heavy atom. The van der Waals surface area contributed by atoms with E-state index in [0.717, 1.165) is 6.08 Å². The average Bonchev–Trinajstić information content (AvgIpc) is 2.97. The zero-order chi connectivity index (χ0) is 17.6. The van der Waals surface area contributed by atoms with Crippen LogP contribution in [-0.2, 0) is 4.79 Å². The van der Waals surface area contributed by atoms with Gasteiger partial charge in [-0.2, -0.15) is 13.2 Å². The van der Waals surface area contributed by atoms with Crippen molar-refractivity contribution in [3.05, 3.63) is 53.7 Å². The Hall–Kier alpha value is -2.37. The fourth-order valence-electron chi connectivity index (χ4n) is 1.90. The van der Waals surface area contributed by atoms with Crippen molar-refractivity contribution in [3.63, 3.8) is 0 Å².